The number of benzene rings is 2. The first-order valence-corrected chi connectivity index (χ1v) is 6.67. The second-order valence-electron chi connectivity index (χ2n) is 4.07. The molecule has 5 heteroatoms. The molecule has 1 amide bonds. The monoisotopic (exact) mass is 341 g/mol. The highest BCUT2D eigenvalue weighted by Crippen LogP contribution is 2.24. The standard InChI is InChI=1S/C14H10BrClFNO/c1-8-2-4-10(15)13(6-8)18-14(19)9-3-5-12(17)11(16)7-9/h2-7H,1H3,(H,18,19). The van der Waals surface area contributed by atoms with Crippen LogP contribution in [0.1, 0.15) is 15.9 Å². The van der Waals surface area contributed by atoms with Crippen molar-refractivity contribution in [1.29, 1.82) is 0 Å². The first-order valence-electron chi connectivity index (χ1n) is 5.50. The number of rotatable bonds is 2. The van der Waals surface area contributed by atoms with Crippen molar-refractivity contribution < 1.29 is 9.18 Å². The van der Waals surface area contributed by atoms with Crippen molar-refractivity contribution in [2.75, 3.05) is 5.32 Å². The molecule has 0 saturated carbocycles. The molecule has 0 heterocycles. The van der Waals surface area contributed by atoms with Crippen LogP contribution in [0, 0.1) is 12.7 Å². The second kappa shape index (κ2) is 5.72. The van der Waals surface area contributed by atoms with Crippen LogP contribution in [0.25, 0.3) is 0 Å². The largest absolute Gasteiger partial charge is 0.321 e. The van der Waals surface area contributed by atoms with Gasteiger partial charge in [-0.25, -0.2) is 4.39 Å². The molecule has 0 aliphatic heterocycles. The lowest BCUT2D eigenvalue weighted by Gasteiger charge is -2.08. The van der Waals surface area contributed by atoms with Crippen LogP contribution in [0.4, 0.5) is 10.1 Å². The predicted octanol–water partition coefficient (Wildman–Crippen LogP) is 4.80. The number of carbonyl (C=O) groups is 1. The molecule has 0 spiro atoms. The number of hydrogen-bond acceptors (Lipinski definition) is 1. The van der Waals surface area contributed by atoms with Crippen molar-refractivity contribution in [2.24, 2.45) is 0 Å². The Morgan fingerprint density at radius 1 is 1.26 bits per heavy atom. The molecule has 0 bridgehead atoms. The van der Waals surface area contributed by atoms with Gasteiger partial charge in [0.05, 0.1) is 10.7 Å². The normalized spacial score (nSPS) is 10.3. The van der Waals surface area contributed by atoms with E-state index in [4.69, 9.17) is 11.6 Å². The summed E-state index contributed by atoms with van der Waals surface area (Å²) in [4.78, 5) is 12.0. The minimum Gasteiger partial charge on any atom is -0.321 e. The lowest BCUT2D eigenvalue weighted by atomic mass is 10.2. The van der Waals surface area contributed by atoms with Crippen LogP contribution in [0.5, 0.6) is 0 Å². The van der Waals surface area contributed by atoms with Crippen LogP contribution in [-0.2, 0) is 0 Å². The van der Waals surface area contributed by atoms with Gasteiger partial charge in [-0.3, -0.25) is 4.79 Å². The Kier molecular flexibility index (Phi) is 4.22. The molecule has 0 aliphatic rings. The molecule has 98 valence electrons. The Morgan fingerprint density at radius 2 is 2.00 bits per heavy atom. The van der Waals surface area contributed by atoms with E-state index in [0.29, 0.717) is 11.3 Å². The van der Waals surface area contributed by atoms with Crippen molar-refractivity contribution >= 4 is 39.1 Å². The Morgan fingerprint density at radius 3 is 2.68 bits per heavy atom. The van der Waals surface area contributed by atoms with E-state index in [9.17, 15) is 9.18 Å². The first-order chi connectivity index (χ1) is 8.97. The van der Waals surface area contributed by atoms with E-state index < -0.39 is 5.82 Å². The molecule has 2 nitrogen and oxygen atoms in total. The molecule has 0 saturated heterocycles. The molecule has 0 atom stereocenters. The molecule has 2 aromatic rings. The summed E-state index contributed by atoms with van der Waals surface area (Å²) in [6.45, 7) is 1.93. The zero-order chi connectivity index (χ0) is 14.0. The lowest BCUT2D eigenvalue weighted by Crippen LogP contribution is -2.12. The van der Waals surface area contributed by atoms with E-state index in [1.54, 1.807) is 0 Å². The molecule has 0 aromatic heterocycles. The van der Waals surface area contributed by atoms with Crippen LogP contribution in [0.3, 0.4) is 0 Å². The smallest absolute Gasteiger partial charge is 0.255 e. The van der Waals surface area contributed by atoms with Gasteiger partial charge in [0.25, 0.3) is 5.91 Å². The number of amides is 1. The highest BCUT2D eigenvalue weighted by atomic mass is 79.9. The van der Waals surface area contributed by atoms with E-state index in [-0.39, 0.29) is 10.9 Å². The first kappa shape index (κ1) is 14.0. The predicted molar refractivity (Wildman–Crippen MR) is 78.2 cm³/mol. The van der Waals surface area contributed by atoms with Crippen molar-refractivity contribution in [2.45, 2.75) is 6.92 Å². The van der Waals surface area contributed by atoms with E-state index >= 15 is 0 Å². The van der Waals surface area contributed by atoms with Gasteiger partial charge in [0.1, 0.15) is 5.82 Å². The maximum atomic E-state index is 13.0. The van der Waals surface area contributed by atoms with Crippen LogP contribution in [-0.4, -0.2) is 5.91 Å². The zero-order valence-electron chi connectivity index (χ0n) is 10.0. The summed E-state index contributed by atoms with van der Waals surface area (Å²) in [6, 6.07) is 9.48. The van der Waals surface area contributed by atoms with Gasteiger partial charge in [0.15, 0.2) is 0 Å². The average molecular weight is 343 g/mol. The molecule has 2 aromatic carbocycles. The summed E-state index contributed by atoms with van der Waals surface area (Å²) < 4.78 is 13.8. The maximum absolute atomic E-state index is 13.0. The van der Waals surface area contributed by atoms with Gasteiger partial charge in [-0.2, -0.15) is 0 Å². The third-order valence-electron chi connectivity index (χ3n) is 2.55. The summed E-state index contributed by atoms with van der Waals surface area (Å²) in [5, 5.41) is 2.67. The lowest BCUT2D eigenvalue weighted by molar-refractivity contribution is 0.102. The summed E-state index contributed by atoms with van der Waals surface area (Å²) in [6.07, 6.45) is 0. The molecule has 0 radical (unpaired) electrons. The third-order valence-corrected chi connectivity index (χ3v) is 3.53. The minimum atomic E-state index is -0.546. The molecule has 0 unspecified atom stereocenters. The highest BCUT2D eigenvalue weighted by Gasteiger charge is 2.10. The molecular weight excluding hydrogens is 333 g/mol. The molecular formula is C14H10BrClFNO. The van der Waals surface area contributed by atoms with Gasteiger partial charge in [0.2, 0.25) is 0 Å². The van der Waals surface area contributed by atoms with E-state index in [0.717, 1.165) is 10.0 Å². The topological polar surface area (TPSA) is 29.1 Å². The summed E-state index contributed by atoms with van der Waals surface area (Å²) in [5.41, 5.74) is 1.99. The molecule has 2 rings (SSSR count). The third kappa shape index (κ3) is 3.33. The quantitative estimate of drug-likeness (QED) is 0.834. The van der Waals surface area contributed by atoms with Crippen LogP contribution in [0.15, 0.2) is 40.9 Å². The highest BCUT2D eigenvalue weighted by molar-refractivity contribution is 9.10. The number of hydrogen-bond donors (Lipinski definition) is 1. The Balaban J connectivity index is 2.25. The van der Waals surface area contributed by atoms with E-state index in [1.807, 2.05) is 25.1 Å². The van der Waals surface area contributed by atoms with Gasteiger partial charge < -0.3 is 5.32 Å². The number of aryl methyl sites for hydroxylation is 1. The fourth-order valence-electron chi connectivity index (χ4n) is 1.57. The SMILES string of the molecule is Cc1ccc(Br)c(NC(=O)c2ccc(F)c(Cl)c2)c1. The summed E-state index contributed by atoms with van der Waals surface area (Å²) >= 11 is 9.01. The Labute approximate surface area is 123 Å². The van der Waals surface area contributed by atoms with Crippen LogP contribution in [0.2, 0.25) is 5.02 Å². The Hall–Kier alpha value is -1.39. The molecule has 1 N–H and O–H groups in total. The minimum absolute atomic E-state index is 0.0732. The summed E-state index contributed by atoms with van der Waals surface area (Å²) in [7, 11) is 0. The van der Waals surface area contributed by atoms with Crippen molar-refractivity contribution in [1.82, 2.24) is 0 Å². The molecule has 0 aliphatic carbocycles. The number of anilines is 1. The number of carbonyl (C=O) groups excluding carboxylic acids is 1. The van der Waals surface area contributed by atoms with Crippen molar-refractivity contribution in [3.63, 3.8) is 0 Å². The number of nitrogens with one attached hydrogen (secondary N) is 1. The molecule has 0 fully saturated rings. The van der Waals surface area contributed by atoms with Gasteiger partial charge in [-0.15, -0.1) is 0 Å². The molecule has 19 heavy (non-hydrogen) atoms. The summed E-state index contributed by atoms with van der Waals surface area (Å²) in [5.74, 6) is -0.886. The van der Waals surface area contributed by atoms with Crippen LogP contribution >= 0.6 is 27.5 Å². The fraction of sp³-hybridized carbons (Fsp3) is 0.0714. The van der Waals surface area contributed by atoms with E-state index in [1.165, 1.54) is 18.2 Å². The van der Waals surface area contributed by atoms with Gasteiger partial charge in [-0.05, 0) is 58.7 Å². The van der Waals surface area contributed by atoms with Gasteiger partial charge in [0, 0.05) is 10.0 Å². The Bertz CT molecular complexity index is 645. The van der Waals surface area contributed by atoms with Gasteiger partial charge in [-0.1, -0.05) is 17.7 Å². The number of halogens is 3. The van der Waals surface area contributed by atoms with Gasteiger partial charge >= 0.3 is 0 Å². The van der Waals surface area contributed by atoms with E-state index in [2.05, 4.69) is 21.2 Å². The van der Waals surface area contributed by atoms with Crippen molar-refractivity contribution in [3.8, 4) is 0 Å². The van der Waals surface area contributed by atoms with Crippen LogP contribution < -0.4 is 5.32 Å². The fourth-order valence-corrected chi connectivity index (χ4v) is 2.09. The second-order valence-corrected chi connectivity index (χ2v) is 5.33. The average Bonchev–Trinajstić information content (AvgIpc) is 2.37. The maximum Gasteiger partial charge on any atom is 0.255 e. The van der Waals surface area contributed by atoms with Crippen molar-refractivity contribution in [3.05, 3.63) is 62.8 Å². The zero-order valence-corrected chi connectivity index (χ0v) is 12.3.